The van der Waals surface area contributed by atoms with E-state index in [1.54, 1.807) is 30.8 Å². The van der Waals surface area contributed by atoms with Gasteiger partial charge in [-0.3, -0.25) is 0 Å². The molecule has 0 heterocycles. The number of aryl methyl sites for hydroxylation is 1. The van der Waals surface area contributed by atoms with Crippen molar-refractivity contribution in [2.24, 2.45) is 11.7 Å². The number of benzene rings is 1. The van der Waals surface area contributed by atoms with Crippen molar-refractivity contribution in [3.8, 4) is 0 Å². The van der Waals surface area contributed by atoms with E-state index in [1.807, 2.05) is 19.2 Å². The Bertz CT molecular complexity index is 515. The van der Waals surface area contributed by atoms with Gasteiger partial charge in [-0.2, -0.15) is 11.8 Å². The average molecular weight is 302 g/mol. The summed E-state index contributed by atoms with van der Waals surface area (Å²) in [6.07, 6.45) is 2.01. The second-order valence-electron chi connectivity index (χ2n) is 4.72. The second-order valence-corrected chi connectivity index (χ2v) is 7.36. The molecule has 0 aromatic heterocycles. The van der Waals surface area contributed by atoms with Gasteiger partial charge in [-0.25, -0.2) is 13.1 Å². The van der Waals surface area contributed by atoms with Crippen LogP contribution in [0.5, 0.6) is 0 Å². The SMILES string of the molecule is CSCC(C)CNS(=O)(=O)c1cc(CN)ccc1C. The van der Waals surface area contributed by atoms with Crippen molar-refractivity contribution in [3.63, 3.8) is 0 Å². The molecule has 1 unspecified atom stereocenters. The molecule has 0 radical (unpaired) electrons. The molecular weight excluding hydrogens is 280 g/mol. The molecule has 0 spiro atoms. The zero-order valence-electron chi connectivity index (χ0n) is 11.6. The van der Waals surface area contributed by atoms with E-state index in [1.165, 1.54) is 0 Å². The number of hydrogen-bond acceptors (Lipinski definition) is 4. The van der Waals surface area contributed by atoms with E-state index in [0.29, 0.717) is 23.9 Å². The second kappa shape index (κ2) is 7.28. The van der Waals surface area contributed by atoms with Crippen LogP contribution in [0.25, 0.3) is 0 Å². The van der Waals surface area contributed by atoms with E-state index in [0.717, 1.165) is 16.9 Å². The lowest BCUT2D eigenvalue weighted by atomic mass is 10.1. The Morgan fingerprint density at radius 3 is 2.68 bits per heavy atom. The van der Waals surface area contributed by atoms with Gasteiger partial charge in [0.1, 0.15) is 0 Å². The number of thioether (sulfide) groups is 1. The van der Waals surface area contributed by atoms with Gasteiger partial charge >= 0.3 is 0 Å². The molecule has 0 fully saturated rings. The molecule has 0 saturated carbocycles. The predicted octanol–water partition coefficient (Wildman–Crippen LogP) is 1.73. The van der Waals surface area contributed by atoms with Gasteiger partial charge in [-0.1, -0.05) is 19.1 Å². The molecule has 3 N–H and O–H groups in total. The highest BCUT2D eigenvalue weighted by Gasteiger charge is 2.17. The topological polar surface area (TPSA) is 72.2 Å². The summed E-state index contributed by atoms with van der Waals surface area (Å²) in [4.78, 5) is 0.326. The minimum atomic E-state index is -3.45. The van der Waals surface area contributed by atoms with Crippen molar-refractivity contribution in [3.05, 3.63) is 29.3 Å². The molecule has 19 heavy (non-hydrogen) atoms. The van der Waals surface area contributed by atoms with Crippen LogP contribution >= 0.6 is 11.8 Å². The van der Waals surface area contributed by atoms with Gasteiger partial charge in [0.2, 0.25) is 10.0 Å². The quantitative estimate of drug-likeness (QED) is 0.804. The smallest absolute Gasteiger partial charge is 0.240 e. The summed E-state index contributed by atoms with van der Waals surface area (Å²) in [6.45, 7) is 4.61. The summed E-state index contributed by atoms with van der Waals surface area (Å²) in [7, 11) is -3.45. The maximum absolute atomic E-state index is 12.3. The highest BCUT2D eigenvalue weighted by atomic mass is 32.2. The van der Waals surface area contributed by atoms with Gasteiger partial charge in [0.25, 0.3) is 0 Å². The predicted molar refractivity (Wildman–Crippen MR) is 81.8 cm³/mol. The van der Waals surface area contributed by atoms with E-state index in [9.17, 15) is 8.42 Å². The lowest BCUT2D eigenvalue weighted by molar-refractivity contribution is 0.562. The van der Waals surface area contributed by atoms with Crippen molar-refractivity contribution in [2.45, 2.75) is 25.3 Å². The number of sulfonamides is 1. The molecule has 6 heteroatoms. The molecule has 4 nitrogen and oxygen atoms in total. The standard InChI is InChI=1S/C13H22N2O2S2/c1-10(9-18-3)8-15-19(16,17)13-6-12(7-14)5-4-11(13)2/h4-6,10,15H,7-9,14H2,1-3H3. The summed E-state index contributed by atoms with van der Waals surface area (Å²) in [5, 5.41) is 0. The van der Waals surface area contributed by atoms with Crippen LogP contribution in [-0.2, 0) is 16.6 Å². The third-order valence-corrected chi connectivity index (χ3v) is 5.32. The molecule has 0 amide bonds. The largest absolute Gasteiger partial charge is 0.326 e. The maximum atomic E-state index is 12.3. The molecule has 0 aliphatic rings. The zero-order chi connectivity index (χ0) is 14.5. The summed E-state index contributed by atoms with van der Waals surface area (Å²) in [5.41, 5.74) is 7.12. The molecule has 0 bridgehead atoms. The van der Waals surface area contributed by atoms with Crippen molar-refractivity contribution >= 4 is 21.8 Å². The molecule has 108 valence electrons. The Labute approximate surface area is 120 Å². The van der Waals surface area contributed by atoms with Crippen molar-refractivity contribution in [1.82, 2.24) is 4.72 Å². The zero-order valence-corrected chi connectivity index (χ0v) is 13.3. The first-order valence-corrected chi connectivity index (χ1v) is 9.06. The fourth-order valence-corrected chi connectivity index (χ4v) is 3.88. The minimum Gasteiger partial charge on any atom is -0.326 e. The van der Waals surface area contributed by atoms with E-state index in [-0.39, 0.29) is 0 Å². The monoisotopic (exact) mass is 302 g/mol. The van der Waals surface area contributed by atoms with Crippen LogP contribution in [0.3, 0.4) is 0 Å². The van der Waals surface area contributed by atoms with Crippen molar-refractivity contribution in [1.29, 1.82) is 0 Å². The summed E-state index contributed by atoms with van der Waals surface area (Å²) < 4.78 is 27.2. The lowest BCUT2D eigenvalue weighted by Gasteiger charge is -2.13. The number of rotatable bonds is 7. The molecule has 1 atom stereocenters. The van der Waals surface area contributed by atoms with Crippen LogP contribution in [0, 0.1) is 12.8 Å². The van der Waals surface area contributed by atoms with E-state index in [2.05, 4.69) is 4.72 Å². The Balaban J connectivity index is 2.88. The summed E-state index contributed by atoms with van der Waals surface area (Å²) >= 11 is 1.71. The van der Waals surface area contributed by atoms with Crippen LogP contribution in [0.4, 0.5) is 0 Å². The first kappa shape index (κ1) is 16.5. The molecule has 1 aromatic carbocycles. The van der Waals surface area contributed by atoms with Crippen LogP contribution in [0.15, 0.2) is 23.1 Å². The van der Waals surface area contributed by atoms with Crippen LogP contribution < -0.4 is 10.5 Å². The number of hydrogen-bond donors (Lipinski definition) is 2. The average Bonchev–Trinajstić information content (AvgIpc) is 2.37. The molecule has 0 saturated heterocycles. The highest BCUT2D eigenvalue weighted by molar-refractivity contribution is 7.98. The van der Waals surface area contributed by atoms with Gasteiger partial charge < -0.3 is 5.73 Å². The fraction of sp³-hybridized carbons (Fsp3) is 0.538. The molecule has 0 aliphatic heterocycles. The lowest BCUT2D eigenvalue weighted by Crippen LogP contribution is -2.29. The molecule has 1 rings (SSSR count). The maximum Gasteiger partial charge on any atom is 0.240 e. The first-order valence-electron chi connectivity index (χ1n) is 6.19. The van der Waals surface area contributed by atoms with E-state index >= 15 is 0 Å². The minimum absolute atomic E-state index is 0.308. The summed E-state index contributed by atoms with van der Waals surface area (Å²) in [6, 6.07) is 5.30. The Hall–Kier alpha value is -0.560. The Morgan fingerprint density at radius 2 is 2.11 bits per heavy atom. The normalized spacial score (nSPS) is 13.5. The Morgan fingerprint density at radius 1 is 1.42 bits per heavy atom. The van der Waals surface area contributed by atoms with E-state index < -0.39 is 10.0 Å². The Kier molecular flexibility index (Phi) is 6.32. The van der Waals surface area contributed by atoms with Gasteiger partial charge in [-0.15, -0.1) is 0 Å². The molecular formula is C13H22N2O2S2. The number of nitrogens with one attached hydrogen (secondary N) is 1. The van der Waals surface area contributed by atoms with Crippen LogP contribution in [0.2, 0.25) is 0 Å². The molecule has 1 aromatic rings. The number of nitrogens with two attached hydrogens (primary N) is 1. The van der Waals surface area contributed by atoms with Gasteiger partial charge in [0.15, 0.2) is 0 Å². The van der Waals surface area contributed by atoms with Gasteiger partial charge in [0, 0.05) is 13.1 Å². The van der Waals surface area contributed by atoms with Gasteiger partial charge in [0.05, 0.1) is 4.90 Å². The van der Waals surface area contributed by atoms with Gasteiger partial charge in [-0.05, 0) is 42.0 Å². The van der Waals surface area contributed by atoms with Crippen LogP contribution in [0.1, 0.15) is 18.1 Å². The van der Waals surface area contributed by atoms with Crippen molar-refractivity contribution < 1.29 is 8.42 Å². The van der Waals surface area contributed by atoms with Crippen LogP contribution in [-0.4, -0.2) is 27.0 Å². The van der Waals surface area contributed by atoms with E-state index in [4.69, 9.17) is 5.73 Å². The van der Waals surface area contributed by atoms with Crippen molar-refractivity contribution in [2.75, 3.05) is 18.6 Å². The highest BCUT2D eigenvalue weighted by Crippen LogP contribution is 2.17. The summed E-state index contributed by atoms with van der Waals surface area (Å²) in [5.74, 6) is 1.24. The first-order chi connectivity index (χ1) is 8.90. The fourth-order valence-electron chi connectivity index (χ4n) is 1.73. The third-order valence-electron chi connectivity index (χ3n) is 2.85. The third kappa shape index (κ3) is 4.80. The molecule has 0 aliphatic carbocycles.